The van der Waals surface area contributed by atoms with Crippen molar-refractivity contribution >= 4 is 17.8 Å². The smallest absolute Gasteiger partial charge is 0.213 e. The van der Waals surface area contributed by atoms with E-state index in [1.54, 1.807) is 18.3 Å². The predicted molar refractivity (Wildman–Crippen MR) is 95.0 cm³/mol. The van der Waals surface area contributed by atoms with Gasteiger partial charge in [0, 0.05) is 21.7 Å². The van der Waals surface area contributed by atoms with Gasteiger partial charge in [-0.1, -0.05) is 72.3 Å². The maximum atomic E-state index is 12.8. The third-order valence-corrected chi connectivity index (χ3v) is 3.88. The van der Waals surface area contributed by atoms with Gasteiger partial charge in [-0.15, -0.1) is 0 Å². The average molecular weight is 322 g/mol. The van der Waals surface area contributed by atoms with Crippen LogP contribution in [0.15, 0.2) is 84.9 Å². The Labute approximate surface area is 140 Å². The molecule has 0 spiro atoms. The van der Waals surface area contributed by atoms with Crippen LogP contribution in [0.25, 0.3) is 0 Å². The lowest BCUT2D eigenvalue weighted by Gasteiger charge is -2.18. The highest BCUT2D eigenvalue weighted by Crippen LogP contribution is 2.25. The molecule has 3 heteroatoms. The minimum absolute atomic E-state index is 0.381. The number of hydrogen-bond donors (Lipinski definition) is 0. The number of nitrogens with zero attached hydrogens (tertiary/aromatic N) is 1. The van der Waals surface area contributed by atoms with Gasteiger partial charge >= 0.3 is 0 Å². The van der Waals surface area contributed by atoms with Crippen molar-refractivity contribution in [2.24, 2.45) is 0 Å². The highest BCUT2D eigenvalue weighted by Gasteiger charge is 2.21. The minimum Gasteiger partial charge on any atom is -0.623 e. The van der Waals surface area contributed by atoms with Gasteiger partial charge in [0.1, 0.15) is 0 Å². The first-order valence-electron chi connectivity index (χ1n) is 7.40. The molecule has 3 aromatic rings. The molecule has 0 radical (unpaired) electrons. The third-order valence-electron chi connectivity index (χ3n) is 3.63. The monoisotopic (exact) mass is 321 g/mol. The standard InChI is InChI=1S/C20H16ClNO/c21-19-13-11-16(12-14-19)15-22(23)20(17-7-3-1-4-8-17)18-9-5-2-6-10-18/h1-15,20H/b22-15-. The van der Waals surface area contributed by atoms with E-state index in [-0.39, 0.29) is 6.04 Å². The van der Waals surface area contributed by atoms with E-state index in [0.29, 0.717) is 5.02 Å². The molecule has 3 rings (SSSR count). The van der Waals surface area contributed by atoms with Gasteiger partial charge in [0.15, 0.2) is 6.21 Å². The molecule has 23 heavy (non-hydrogen) atoms. The van der Waals surface area contributed by atoms with Crippen molar-refractivity contribution in [1.82, 2.24) is 0 Å². The van der Waals surface area contributed by atoms with Crippen molar-refractivity contribution in [3.63, 3.8) is 0 Å². The maximum absolute atomic E-state index is 12.8. The summed E-state index contributed by atoms with van der Waals surface area (Å²) >= 11 is 5.90. The molecule has 114 valence electrons. The quantitative estimate of drug-likeness (QED) is 0.285. The zero-order valence-electron chi connectivity index (χ0n) is 12.5. The molecule has 0 aliphatic heterocycles. The number of halogens is 1. The molecule has 0 fully saturated rings. The summed E-state index contributed by atoms with van der Waals surface area (Å²) in [5.74, 6) is 0. The van der Waals surface area contributed by atoms with Gasteiger partial charge in [0.2, 0.25) is 6.04 Å². The molecule has 0 heterocycles. The Balaban J connectivity index is 2.03. The van der Waals surface area contributed by atoms with Gasteiger partial charge < -0.3 is 5.21 Å². The Hall–Kier alpha value is -2.58. The van der Waals surface area contributed by atoms with Crippen LogP contribution in [-0.2, 0) is 0 Å². The summed E-state index contributed by atoms with van der Waals surface area (Å²) in [6.07, 6.45) is 1.60. The van der Waals surface area contributed by atoms with Crippen molar-refractivity contribution < 1.29 is 4.74 Å². The zero-order valence-corrected chi connectivity index (χ0v) is 13.2. The molecular weight excluding hydrogens is 306 g/mol. The van der Waals surface area contributed by atoms with E-state index in [0.717, 1.165) is 21.4 Å². The fourth-order valence-electron chi connectivity index (χ4n) is 2.53. The second kappa shape index (κ2) is 7.12. The molecule has 0 amide bonds. The molecule has 0 saturated carbocycles. The molecule has 0 aliphatic carbocycles. The van der Waals surface area contributed by atoms with Crippen molar-refractivity contribution in [2.75, 3.05) is 0 Å². The highest BCUT2D eigenvalue weighted by atomic mass is 35.5. The molecule has 0 aromatic heterocycles. The van der Waals surface area contributed by atoms with E-state index >= 15 is 0 Å². The van der Waals surface area contributed by atoms with Crippen molar-refractivity contribution in [1.29, 1.82) is 0 Å². The van der Waals surface area contributed by atoms with Crippen LogP contribution in [0.4, 0.5) is 0 Å². The normalized spacial score (nSPS) is 11.7. The molecule has 3 aromatic carbocycles. The number of benzene rings is 3. The topological polar surface area (TPSA) is 26.1 Å². The van der Waals surface area contributed by atoms with Crippen LogP contribution in [0.5, 0.6) is 0 Å². The van der Waals surface area contributed by atoms with Crippen LogP contribution in [0.3, 0.4) is 0 Å². The van der Waals surface area contributed by atoms with E-state index in [4.69, 9.17) is 11.6 Å². The lowest BCUT2D eigenvalue weighted by Crippen LogP contribution is -2.16. The Morgan fingerprint density at radius 2 is 1.22 bits per heavy atom. The maximum Gasteiger partial charge on any atom is 0.213 e. The lowest BCUT2D eigenvalue weighted by atomic mass is 9.99. The fourth-order valence-corrected chi connectivity index (χ4v) is 2.65. The van der Waals surface area contributed by atoms with Crippen LogP contribution in [-0.4, -0.2) is 11.0 Å². The summed E-state index contributed by atoms with van der Waals surface area (Å²) in [4.78, 5) is 0. The van der Waals surface area contributed by atoms with E-state index < -0.39 is 0 Å². The predicted octanol–water partition coefficient (Wildman–Crippen LogP) is 5.06. The van der Waals surface area contributed by atoms with Gasteiger partial charge in [0.05, 0.1) is 0 Å². The van der Waals surface area contributed by atoms with Crippen molar-refractivity contribution in [2.45, 2.75) is 6.04 Å². The van der Waals surface area contributed by atoms with Crippen LogP contribution in [0.1, 0.15) is 22.7 Å². The first kappa shape index (κ1) is 15.3. The molecular formula is C20H16ClNO. The van der Waals surface area contributed by atoms with Crippen LogP contribution in [0.2, 0.25) is 5.02 Å². The summed E-state index contributed by atoms with van der Waals surface area (Å²) in [7, 11) is 0. The lowest BCUT2D eigenvalue weighted by molar-refractivity contribution is -0.490. The van der Waals surface area contributed by atoms with Gasteiger partial charge in [0.25, 0.3) is 0 Å². The molecule has 0 bridgehead atoms. The summed E-state index contributed by atoms with van der Waals surface area (Å²) in [6, 6.07) is 26.4. The largest absolute Gasteiger partial charge is 0.623 e. The highest BCUT2D eigenvalue weighted by molar-refractivity contribution is 6.30. The molecule has 0 atom stereocenters. The Morgan fingerprint density at radius 1 is 0.739 bits per heavy atom. The Morgan fingerprint density at radius 3 is 1.70 bits per heavy atom. The van der Waals surface area contributed by atoms with Crippen molar-refractivity contribution in [3.8, 4) is 0 Å². The molecule has 0 saturated heterocycles. The van der Waals surface area contributed by atoms with Gasteiger partial charge in [-0.3, -0.25) is 0 Å². The first-order valence-corrected chi connectivity index (χ1v) is 7.77. The van der Waals surface area contributed by atoms with Crippen LogP contribution in [0, 0.1) is 5.21 Å². The summed E-state index contributed by atoms with van der Waals surface area (Å²) in [5, 5.41) is 13.5. The Kier molecular flexibility index (Phi) is 4.74. The van der Waals surface area contributed by atoms with Gasteiger partial charge in [-0.25, -0.2) is 0 Å². The summed E-state index contributed by atoms with van der Waals surface area (Å²) in [5.41, 5.74) is 2.74. The molecule has 2 nitrogen and oxygen atoms in total. The number of rotatable bonds is 4. The molecule has 0 unspecified atom stereocenters. The SMILES string of the molecule is [O-]/[N+](=C\c1ccc(Cl)cc1)C(c1ccccc1)c1ccccc1. The molecule has 0 aliphatic rings. The number of hydroxylamine groups is 1. The summed E-state index contributed by atoms with van der Waals surface area (Å²) in [6.45, 7) is 0. The van der Waals surface area contributed by atoms with Crippen LogP contribution < -0.4 is 0 Å². The molecule has 0 N–H and O–H groups in total. The van der Waals surface area contributed by atoms with E-state index in [1.807, 2.05) is 72.8 Å². The average Bonchev–Trinajstić information content (AvgIpc) is 2.59. The summed E-state index contributed by atoms with van der Waals surface area (Å²) < 4.78 is 0.994. The first-order chi connectivity index (χ1) is 11.2. The third kappa shape index (κ3) is 3.79. The van der Waals surface area contributed by atoms with E-state index in [9.17, 15) is 5.21 Å². The van der Waals surface area contributed by atoms with Crippen LogP contribution >= 0.6 is 11.6 Å². The van der Waals surface area contributed by atoms with Gasteiger partial charge in [-0.2, -0.15) is 4.74 Å². The fraction of sp³-hybridized carbons (Fsp3) is 0.0500. The van der Waals surface area contributed by atoms with E-state index in [2.05, 4.69) is 0 Å². The minimum atomic E-state index is -0.381. The number of hydrogen-bond acceptors (Lipinski definition) is 1. The second-order valence-electron chi connectivity index (χ2n) is 5.26. The van der Waals surface area contributed by atoms with Gasteiger partial charge in [-0.05, 0) is 24.3 Å². The Bertz CT molecular complexity index is 743. The zero-order chi connectivity index (χ0) is 16.1. The second-order valence-corrected chi connectivity index (χ2v) is 5.70. The van der Waals surface area contributed by atoms with Crippen molar-refractivity contribution in [3.05, 3.63) is 112 Å². The van der Waals surface area contributed by atoms with E-state index in [1.165, 1.54) is 0 Å².